The van der Waals surface area contributed by atoms with Crippen LogP contribution in [0, 0.1) is 10.1 Å². The van der Waals surface area contributed by atoms with E-state index in [4.69, 9.17) is 5.73 Å². The summed E-state index contributed by atoms with van der Waals surface area (Å²) in [5, 5.41) is 9.74. The number of hydrogen-bond acceptors (Lipinski definition) is 3. The first-order valence-corrected chi connectivity index (χ1v) is 3.09. The van der Waals surface area contributed by atoms with Gasteiger partial charge in [0.2, 0.25) is 6.54 Å². The summed E-state index contributed by atoms with van der Waals surface area (Å²) in [6.07, 6.45) is 2.43. The zero-order chi connectivity index (χ0) is 7.11. The number of hydrogen-bond donors (Lipinski definition) is 1. The molecule has 0 atom stereocenters. The SMILES string of the molecule is Cl.NCCCCC[N+](=O)[O-]. The zero-order valence-electron chi connectivity index (χ0n) is 5.78. The van der Waals surface area contributed by atoms with Crippen LogP contribution in [-0.2, 0) is 0 Å². The van der Waals surface area contributed by atoms with Crippen LogP contribution in [0.15, 0.2) is 0 Å². The Bertz CT molecular complexity index is 89.7. The molecule has 0 rings (SSSR count). The molecule has 5 heteroatoms. The largest absolute Gasteiger partial charge is 0.330 e. The van der Waals surface area contributed by atoms with Crippen molar-refractivity contribution in [2.45, 2.75) is 19.3 Å². The lowest BCUT2D eigenvalue weighted by atomic mass is 10.2. The molecule has 0 unspecified atom stereocenters. The fraction of sp³-hybridized carbons (Fsp3) is 1.00. The van der Waals surface area contributed by atoms with Crippen LogP contribution < -0.4 is 5.73 Å². The molecule has 4 nitrogen and oxygen atoms in total. The molecule has 0 aliphatic heterocycles. The summed E-state index contributed by atoms with van der Waals surface area (Å²) in [4.78, 5) is 9.44. The maximum atomic E-state index is 9.74. The van der Waals surface area contributed by atoms with Crippen LogP contribution in [0.25, 0.3) is 0 Å². The van der Waals surface area contributed by atoms with Gasteiger partial charge in [-0.05, 0) is 19.4 Å². The highest BCUT2D eigenvalue weighted by Gasteiger charge is 1.94. The Morgan fingerprint density at radius 3 is 2.30 bits per heavy atom. The Hall–Kier alpha value is -0.350. The summed E-state index contributed by atoms with van der Waals surface area (Å²) < 4.78 is 0. The lowest BCUT2D eigenvalue weighted by molar-refractivity contribution is -0.480. The summed E-state index contributed by atoms with van der Waals surface area (Å²) in [5.74, 6) is 0. The van der Waals surface area contributed by atoms with E-state index in [0.29, 0.717) is 13.0 Å². The molecule has 0 amide bonds. The summed E-state index contributed by atoms with van der Waals surface area (Å²) >= 11 is 0. The third-order valence-corrected chi connectivity index (χ3v) is 1.04. The lowest BCUT2D eigenvalue weighted by Gasteiger charge is -1.91. The normalized spacial score (nSPS) is 8.50. The molecule has 0 aliphatic carbocycles. The Kier molecular flexibility index (Phi) is 10.7. The molecule has 0 aromatic heterocycles. The van der Waals surface area contributed by atoms with E-state index < -0.39 is 0 Å². The molecule has 0 heterocycles. The first kappa shape index (κ1) is 12.3. The van der Waals surface area contributed by atoms with Gasteiger partial charge in [-0.3, -0.25) is 10.1 Å². The minimum Gasteiger partial charge on any atom is -0.330 e. The third kappa shape index (κ3) is 10.6. The van der Waals surface area contributed by atoms with Crippen molar-refractivity contribution in [3.8, 4) is 0 Å². The predicted octanol–water partition coefficient (Wildman–Crippen LogP) is 0.814. The first-order chi connectivity index (χ1) is 4.27. The van der Waals surface area contributed by atoms with E-state index in [9.17, 15) is 10.1 Å². The smallest absolute Gasteiger partial charge is 0.203 e. The van der Waals surface area contributed by atoms with E-state index in [1.165, 1.54) is 0 Å². The molecule has 0 aliphatic rings. The molecular weight excluding hydrogens is 156 g/mol. The van der Waals surface area contributed by atoms with Crippen LogP contribution in [0.4, 0.5) is 0 Å². The van der Waals surface area contributed by atoms with Crippen molar-refractivity contribution in [1.82, 2.24) is 0 Å². The van der Waals surface area contributed by atoms with Gasteiger partial charge in [-0.25, -0.2) is 0 Å². The number of halogens is 1. The van der Waals surface area contributed by atoms with Crippen molar-refractivity contribution in [3.05, 3.63) is 10.1 Å². The van der Waals surface area contributed by atoms with Crippen molar-refractivity contribution in [2.75, 3.05) is 13.1 Å². The maximum absolute atomic E-state index is 9.74. The summed E-state index contributed by atoms with van der Waals surface area (Å²) in [5.41, 5.74) is 5.18. The quantitative estimate of drug-likeness (QED) is 0.375. The number of nitro groups is 1. The number of nitrogens with zero attached hydrogens (tertiary/aromatic N) is 1. The Morgan fingerprint density at radius 2 is 1.90 bits per heavy atom. The van der Waals surface area contributed by atoms with Crippen LogP contribution in [0.3, 0.4) is 0 Å². The Morgan fingerprint density at radius 1 is 1.30 bits per heavy atom. The molecule has 0 saturated carbocycles. The highest BCUT2D eigenvalue weighted by Crippen LogP contribution is 1.92. The first-order valence-electron chi connectivity index (χ1n) is 3.09. The molecule has 0 aromatic carbocycles. The van der Waals surface area contributed by atoms with E-state index in [2.05, 4.69) is 0 Å². The second-order valence-corrected chi connectivity index (χ2v) is 1.91. The maximum Gasteiger partial charge on any atom is 0.203 e. The second kappa shape index (κ2) is 8.65. The van der Waals surface area contributed by atoms with Crippen LogP contribution in [0.2, 0.25) is 0 Å². The van der Waals surface area contributed by atoms with Gasteiger partial charge in [-0.15, -0.1) is 12.4 Å². The van der Waals surface area contributed by atoms with Gasteiger partial charge in [-0.1, -0.05) is 0 Å². The molecule has 0 bridgehead atoms. The minimum absolute atomic E-state index is 0. The highest BCUT2D eigenvalue weighted by atomic mass is 35.5. The molecule has 10 heavy (non-hydrogen) atoms. The van der Waals surface area contributed by atoms with Gasteiger partial charge in [-0.2, -0.15) is 0 Å². The van der Waals surface area contributed by atoms with Gasteiger partial charge >= 0.3 is 0 Å². The fourth-order valence-electron chi connectivity index (χ4n) is 0.562. The van der Waals surface area contributed by atoms with E-state index in [-0.39, 0.29) is 23.9 Å². The Labute approximate surface area is 66.3 Å². The van der Waals surface area contributed by atoms with Gasteiger partial charge < -0.3 is 5.73 Å². The van der Waals surface area contributed by atoms with Crippen LogP contribution in [-0.4, -0.2) is 18.0 Å². The molecule has 0 spiro atoms. The molecule has 0 radical (unpaired) electrons. The zero-order valence-corrected chi connectivity index (χ0v) is 6.60. The van der Waals surface area contributed by atoms with Gasteiger partial charge in [0.25, 0.3) is 0 Å². The van der Waals surface area contributed by atoms with Gasteiger partial charge in [0.1, 0.15) is 0 Å². The van der Waals surface area contributed by atoms with E-state index in [1.54, 1.807) is 0 Å². The van der Waals surface area contributed by atoms with Crippen molar-refractivity contribution < 1.29 is 4.92 Å². The standard InChI is InChI=1S/C5H12N2O2.ClH/c6-4-2-1-3-5-7(8)9;/h1-6H2;1H. The average Bonchev–Trinajstić information content (AvgIpc) is 1.80. The van der Waals surface area contributed by atoms with Gasteiger partial charge in [0, 0.05) is 11.3 Å². The molecule has 0 aromatic rings. The second-order valence-electron chi connectivity index (χ2n) is 1.91. The molecular formula is C5H13ClN2O2. The van der Waals surface area contributed by atoms with Crippen molar-refractivity contribution in [3.63, 3.8) is 0 Å². The highest BCUT2D eigenvalue weighted by molar-refractivity contribution is 5.85. The van der Waals surface area contributed by atoms with Gasteiger partial charge in [0.15, 0.2) is 0 Å². The molecule has 0 saturated heterocycles. The van der Waals surface area contributed by atoms with Crippen molar-refractivity contribution in [1.29, 1.82) is 0 Å². The van der Waals surface area contributed by atoms with Crippen molar-refractivity contribution >= 4 is 12.4 Å². The molecule has 2 N–H and O–H groups in total. The lowest BCUT2D eigenvalue weighted by Crippen LogP contribution is -2.02. The number of rotatable bonds is 5. The topological polar surface area (TPSA) is 69.2 Å². The predicted molar refractivity (Wildman–Crippen MR) is 42.0 cm³/mol. The summed E-state index contributed by atoms with van der Waals surface area (Å²) in [7, 11) is 0. The van der Waals surface area contributed by atoms with Crippen molar-refractivity contribution in [2.24, 2.45) is 5.73 Å². The van der Waals surface area contributed by atoms with Gasteiger partial charge in [0.05, 0.1) is 0 Å². The number of unbranched alkanes of at least 4 members (excludes halogenated alkanes) is 2. The minimum atomic E-state index is -0.295. The van der Waals surface area contributed by atoms with Crippen LogP contribution in [0.1, 0.15) is 19.3 Å². The monoisotopic (exact) mass is 168 g/mol. The fourth-order valence-corrected chi connectivity index (χ4v) is 0.562. The summed E-state index contributed by atoms with van der Waals surface area (Å²) in [6.45, 7) is 0.720. The molecule has 0 fully saturated rings. The van der Waals surface area contributed by atoms with E-state index >= 15 is 0 Å². The Balaban J connectivity index is 0. The average molecular weight is 169 g/mol. The molecule has 62 valence electrons. The van der Waals surface area contributed by atoms with Crippen LogP contribution >= 0.6 is 12.4 Å². The van der Waals surface area contributed by atoms with E-state index in [1.807, 2.05) is 0 Å². The van der Waals surface area contributed by atoms with Crippen LogP contribution in [0.5, 0.6) is 0 Å². The van der Waals surface area contributed by atoms with E-state index in [0.717, 1.165) is 12.8 Å². The summed E-state index contributed by atoms with van der Waals surface area (Å²) in [6, 6.07) is 0. The third-order valence-electron chi connectivity index (χ3n) is 1.04. The number of nitrogens with two attached hydrogens (primary N) is 1.